The molecule has 1 aromatic heterocycles. The first-order chi connectivity index (χ1) is 9.95. The van der Waals surface area contributed by atoms with E-state index in [-0.39, 0.29) is 0 Å². The second kappa shape index (κ2) is 6.90. The minimum atomic E-state index is 0.478. The molecule has 2 rings (SSSR count). The van der Waals surface area contributed by atoms with Crippen LogP contribution in [-0.2, 0) is 20.0 Å². The van der Waals surface area contributed by atoms with E-state index >= 15 is 0 Å². The van der Waals surface area contributed by atoms with Crippen LogP contribution in [0.25, 0.3) is 11.3 Å². The molecule has 1 heterocycles. The van der Waals surface area contributed by atoms with Crippen LogP contribution in [0.1, 0.15) is 38.8 Å². The third-order valence-electron chi connectivity index (χ3n) is 3.48. The number of nitrogens with zero attached hydrogens (tertiary/aromatic N) is 2. The Morgan fingerprint density at radius 1 is 1.10 bits per heavy atom. The maximum atomic E-state index is 4.63. The molecule has 0 amide bonds. The second-order valence-corrected chi connectivity index (χ2v) is 6.51. The maximum Gasteiger partial charge on any atom is 0.0967 e. The van der Waals surface area contributed by atoms with E-state index in [1.165, 1.54) is 16.7 Å². The van der Waals surface area contributed by atoms with Crippen molar-refractivity contribution in [1.29, 1.82) is 0 Å². The minimum absolute atomic E-state index is 0.478. The number of aryl methyl sites for hydroxylation is 1. The van der Waals surface area contributed by atoms with Crippen LogP contribution in [0.3, 0.4) is 0 Å². The molecular weight excluding hydrogens is 258 g/mol. The molecule has 0 bridgehead atoms. The van der Waals surface area contributed by atoms with E-state index in [0.717, 1.165) is 18.7 Å². The molecule has 0 atom stereocenters. The minimum Gasteiger partial charge on any atom is -0.310 e. The first kappa shape index (κ1) is 15.8. The summed E-state index contributed by atoms with van der Waals surface area (Å²) < 4.78 is 1.90. The SMILES string of the molecule is CC(C)Cc1ccc(-c2nn(C)cc2CNC(C)C)cc1. The molecule has 0 unspecified atom stereocenters. The van der Waals surface area contributed by atoms with Crippen molar-refractivity contribution in [3.05, 3.63) is 41.6 Å². The molecule has 0 fully saturated rings. The van der Waals surface area contributed by atoms with Gasteiger partial charge in [0.25, 0.3) is 0 Å². The van der Waals surface area contributed by atoms with E-state index < -0.39 is 0 Å². The van der Waals surface area contributed by atoms with Crippen molar-refractivity contribution in [3.63, 3.8) is 0 Å². The Morgan fingerprint density at radius 2 is 1.76 bits per heavy atom. The summed E-state index contributed by atoms with van der Waals surface area (Å²) in [6.07, 6.45) is 3.23. The topological polar surface area (TPSA) is 29.9 Å². The quantitative estimate of drug-likeness (QED) is 0.875. The van der Waals surface area contributed by atoms with Crippen molar-refractivity contribution in [2.45, 2.75) is 46.7 Å². The highest BCUT2D eigenvalue weighted by Gasteiger charge is 2.10. The van der Waals surface area contributed by atoms with Gasteiger partial charge >= 0.3 is 0 Å². The first-order valence-corrected chi connectivity index (χ1v) is 7.81. The van der Waals surface area contributed by atoms with Crippen molar-refractivity contribution in [1.82, 2.24) is 15.1 Å². The second-order valence-electron chi connectivity index (χ2n) is 6.51. The van der Waals surface area contributed by atoms with Crippen molar-refractivity contribution in [2.24, 2.45) is 13.0 Å². The maximum absolute atomic E-state index is 4.63. The molecular formula is C18H27N3. The summed E-state index contributed by atoms with van der Waals surface area (Å²) in [5.74, 6) is 0.691. The fourth-order valence-electron chi connectivity index (χ4n) is 2.49. The van der Waals surface area contributed by atoms with Gasteiger partial charge in [0.2, 0.25) is 0 Å². The van der Waals surface area contributed by atoms with Crippen LogP contribution in [0.4, 0.5) is 0 Å². The molecule has 0 aliphatic heterocycles. The highest BCUT2D eigenvalue weighted by atomic mass is 15.3. The largest absolute Gasteiger partial charge is 0.310 e. The van der Waals surface area contributed by atoms with Crippen LogP contribution < -0.4 is 5.32 Å². The summed E-state index contributed by atoms with van der Waals surface area (Å²) in [7, 11) is 1.98. The molecule has 3 heteroatoms. The Hall–Kier alpha value is -1.61. The third-order valence-corrected chi connectivity index (χ3v) is 3.48. The van der Waals surface area contributed by atoms with Crippen LogP contribution in [0, 0.1) is 5.92 Å². The molecule has 114 valence electrons. The lowest BCUT2D eigenvalue weighted by molar-refractivity contribution is 0.589. The lowest BCUT2D eigenvalue weighted by Crippen LogP contribution is -2.21. The van der Waals surface area contributed by atoms with E-state index in [1.54, 1.807) is 0 Å². The zero-order chi connectivity index (χ0) is 15.4. The number of hydrogen-bond acceptors (Lipinski definition) is 2. The van der Waals surface area contributed by atoms with Gasteiger partial charge in [-0.05, 0) is 17.9 Å². The smallest absolute Gasteiger partial charge is 0.0967 e. The van der Waals surface area contributed by atoms with Crippen molar-refractivity contribution in [2.75, 3.05) is 0 Å². The Bertz CT molecular complexity index is 565. The van der Waals surface area contributed by atoms with Gasteiger partial charge in [-0.25, -0.2) is 0 Å². The highest BCUT2D eigenvalue weighted by molar-refractivity contribution is 5.63. The Labute approximate surface area is 128 Å². The number of rotatable bonds is 6. The van der Waals surface area contributed by atoms with Gasteiger partial charge in [0.05, 0.1) is 5.69 Å². The van der Waals surface area contributed by atoms with Crippen LogP contribution in [0.2, 0.25) is 0 Å². The number of hydrogen-bond donors (Lipinski definition) is 1. The fraction of sp³-hybridized carbons (Fsp3) is 0.500. The predicted molar refractivity (Wildman–Crippen MR) is 89.2 cm³/mol. The molecule has 0 radical (unpaired) electrons. The average Bonchev–Trinajstić information content (AvgIpc) is 2.78. The third kappa shape index (κ3) is 4.43. The summed E-state index contributed by atoms with van der Waals surface area (Å²) in [4.78, 5) is 0. The van der Waals surface area contributed by atoms with Gasteiger partial charge in [-0.1, -0.05) is 52.0 Å². The summed E-state index contributed by atoms with van der Waals surface area (Å²) in [5.41, 5.74) is 4.93. The van der Waals surface area contributed by atoms with Crippen LogP contribution >= 0.6 is 0 Å². The molecule has 0 saturated carbocycles. The Balaban J connectivity index is 2.20. The molecule has 0 saturated heterocycles. The molecule has 1 N–H and O–H groups in total. The summed E-state index contributed by atoms with van der Waals surface area (Å²) in [5, 5.41) is 8.10. The molecule has 2 aromatic rings. The molecule has 1 aromatic carbocycles. The van der Waals surface area contributed by atoms with Gasteiger partial charge in [-0.3, -0.25) is 4.68 Å². The first-order valence-electron chi connectivity index (χ1n) is 7.81. The van der Waals surface area contributed by atoms with E-state index in [2.05, 4.69) is 68.6 Å². The molecule has 3 nitrogen and oxygen atoms in total. The van der Waals surface area contributed by atoms with Crippen molar-refractivity contribution >= 4 is 0 Å². The Morgan fingerprint density at radius 3 is 2.33 bits per heavy atom. The van der Waals surface area contributed by atoms with Gasteiger partial charge in [-0.15, -0.1) is 0 Å². The standard InChI is InChI=1S/C18H27N3/c1-13(2)10-15-6-8-16(9-7-15)18-17(11-19-14(3)4)12-21(5)20-18/h6-9,12-14,19H,10-11H2,1-5H3. The lowest BCUT2D eigenvalue weighted by Gasteiger charge is -2.09. The molecule has 21 heavy (non-hydrogen) atoms. The molecule has 0 spiro atoms. The zero-order valence-electron chi connectivity index (χ0n) is 13.9. The summed E-state index contributed by atoms with van der Waals surface area (Å²) in [6, 6.07) is 9.32. The van der Waals surface area contributed by atoms with E-state index in [4.69, 9.17) is 0 Å². The monoisotopic (exact) mass is 285 g/mol. The Kier molecular flexibility index (Phi) is 5.18. The summed E-state index contributed by atoms with van der Waals surface area (Å²) >= 11 is 0. The van der Waals surface area contributed by atoms with Crippen LogP contribution in [0.15, 0.2) is 30.5 Å². The predicted octanol–water partition coefficient (Wildman–Crippen LogP) is 3.78. The van der Waals surface area contributed by atoms with E-state index in [0.29, 0.717) is 12.0 Å². The normalized spacial score (nSPS) is 11.6. The molecule has 0 aliphatic rings. The van der Waals surface area contributed by atoms with Gasteiger partial charge in [-0.2, -0.15) is 5.10 Å². The van der Waals surface area contributed by atoms with Crippen molar-refractivity contribution < 1.29 is 0 Å². The number of aromatic nitrogens is 2. The van der Waals surface area contributed by atoms with E-state index in [9.17, 15) is 0 Å². The van der Waals surface area contributed by atoms with Crippen LogP contribution in [0.5, 0.6) is 0 Å². The highest BCUT2D eigenvalue weighted by Crippen LogP contribution is 2.23. The van der Waals surface area contributed by atoms with Gasteiger partial charge in [0.1, 0.15) is 0 Å². The average molecular weight is 285 g/mol. The number of benzene rings is 1. The van der Waals surface area contributed by atoms with Crippen molar-refractivity contribution in [3.8, 4) is 11.3 Å². The zero-order valence-corrected chi connectivity index (χ0v) is 13.9. The fourth-order valence-corrected chi connectivity index (χ4v) is 2.49. The van der Waals surface area contributed by atoms with Gasteiger partial charge < -0.3 is 5.32 Å². The van der Waals surface area contributed by atoms with Crippen LogP contribution in [-0.4, -0.2) is 15.8 Å². The van der Waals surface area contributed by atoms with Gasteiger partial charge in [0.15, 0.2) is 0 Å². The molecule has 0 aliphatic carbocycles. The van der Waals surface area contributed by atoms with Gasteiger partial charge in [0, 0.05) is 37.0 Å². The summed E-state index contributed by atoms with van der Waals surface area (Å²) in [6.45, 7) is 9.69. The lowest BCUT2D eigenvalue weighted by atomic mass is 10.00. The van der Waals surface area contributed by atoms with E-state index in [1.807, 2.05) is 11.7 Å². The number of nitrogens with one attached hydrogen (secondary N) is 1.